The number of para-hydroxylation sites is 5. The SMILES string of the molecule is Cc1nn(-c2ccccc2)c2c1c(=O)oc1ccc(N3c4ccc(N(c5ccccc5)c5ccccc5)cc4C(C)(C)c4cc(N(c5ccccc5)c5ccccc5)ccc43)cc12. The van der Waals surface area contributed by atoms with E-state index in [0.29, 0.717) is 16.7 Å². The van der Waals surface area contributed by atoms with Gasteiger partial charge in [-0.3, -0.25) is 0 Å². The monoisotopic (exact) mass is 817 g/mol. The molecule has 0 aliphatic carbocycles. The molecule has 0 N–H and O–H groups in total. The van der Waals surface area contributed by atoms with Crippen LogP contribution < -0.4 is 20.3 Å². The van der Waals surface area contributed by atoms with Gasteiger partial charge in [0.05, 0.1) is 28.3 Å². The summed E-state index contributed by atoms with van der Waals surface area (Å²) in [6.45, 7) is 6.53. The molecule has 0 radical (unpaired) electrons. The van der Waals surface area contributed by atoms with Crippen molar-refractivity contribution in [1.29, 1.82) is 0 Å². The van der Waals surface area contributed by atoms with Gasteiger partial charge in [0.2, 0.25) is 0 Å². The first-order chi connectivity index (χ1) is 30.8. The van der Waals surface area contributed by atoms with Gasteiger partial charge in [0.15, 0.2) is 0 Å². The molecule has 8 aromatic carbocycles. The largest absolute Gasteiger partial charge is 0.422 e. The van der Waals surface area contributed by atoms with Crippen LogP contribution in [-0.4, -0.2) is 9.78 Å². The van der Waals surface area contributed by atoms with Gasteiger partial charge in [0, 0.05) is 50.6 Å². The summed E-state index contributed by atoms with van der Waals surface area (Å²) in [6, 6.07) is 71.9. The van der Waals surface area contributed by atoms with Crippen molar-refractivity contribution in [1.82, 2.24) is 9.78 Å². The Bertz CT molecular complexity index is 3130. The minimum absolute atomic E-state index is 0.400. The van der Waals surface area contributed by atoms with Crippen molar-refractivity contribution in [3.8, 4) is 5.69 Å². The minimum atomic E-state index is -0.453. The molecule has 304 valence electrons. The van der Waals surface area contributed by atoms with Gasteiger partial charge in [-0.05, 0) is 133 Å². The molecule has 3 heterocycles. The van der Waals surface area contributed by atoms with E-state index < -0.39 is 11.0 Å². The van der Waals surface area contributed by atoms with Crippen molar-refractivity contribution in [3.05, 3.63) is 233 Å². The molecule has 0 spiro atoms. The number of anilines is 9. The lowest BCUT2D eigenvalue weighted by molar-refractivity contribution is 0.569. The van der Waals surface area contributed by atoms with Crippen molar-refractivity contribution in [2.45, 2.75) is 26.2 Å². The van der Waals surface area contributed by atoms with Crippen molar-refractivity contribution < 1.29 is 4.42 Å². The average molecular weight is 818 g/mol. The summed E-state index contributed by atoms with van der Waals surface area (Å²) < 4.78 is 7.91. The van der Waals surface area contributed by atoms with Crippen LogP contribution in [-0.2, 0) is 5.41 Å². The number of nitrogens with zero attached hydrogens (tertiary/aromatic N) is 5. The summed E-state index contributed by atoms with van der Waals surface area (Å²) in [5.41, 5.74) is 13.6. The van der Waals surface area contributed by atoms with Crippen molar-refractivity contribution >= 4 is 73.1 Å². The fraction of sp³-hybridized carbons (Fsp3) is 0.0714. The van der Waals surface area contributed by atoms with E-state index in [1.54, 1.807) is 0 Å². The van der Waals surface area contributed by atoms with E-state index in [4.69, 9.17) is 9.52 Å². The van der Waals surface area contributed by atoms with Crippen LogP contribution in [0.2, 0.25) is 0 Å². The Morgan fingerprint density at radius 2 is 0.937 bits per heavy atom. The molecule has 1 aliphatic rings. The predicted octanol–water partition coefficient (Wildman–Crippen LogP) is 14.5. The number of hydrogen-bond donors (Lipinski definition) is 0. The first-order valence-electron chi connectivity index (χ1n) is 21.3. The van der Waals surface area contributed by atoms with E-state index >= 15 is 0 Å². The normalized spacial score (nSPS) is 12.8. The minimum Gasteiger partial charge on any atom is -0.422 e. The molecule has 0 bridgehead atoms. The number of aryl methyl sites for hydroxylation is 1. The Balaban J connectivity index is 1.17. The molecule has 0 atom stereocenters. The quantitative estimate of drug-likeness (QED) is 0.142. The highest BCUT2D eigenvalue weighted by Gasteiger charge is 2.38. The van der Waals surface area contributed by atoms with Gasteiger partial charge in [-0.15, -0.1) is 0 Å². The van der Waals surface area contributed by atoms with Gasteiger partial charge in [-0.2, -0.15) is 5.10 Å². The molecule has 7 heteroatoms. The summed E-state index contributed by atoms with van der Waals surface area (Å²) in [5.74, 6) is 0. The van der Waals surface area contributed by atoms with E-state index in [-0.39, 0.29) is 0 Å². The Labute approximate surface area is 366 Å². The van der Waals surface area contributed by atoms with Gasteiger partial charge >= 0.3 is 5.63 Å². The second kappa shape index (κ2) is 15.1. The number of fused-ring (bicyclic) bond motifs is 5. The van der Waals surface area contributed by atoms with Crippen molar-refractivity contribution in [2.24, 2.45) is 0 Å². The third-order valence-corrected chi connectivity index (χ3v) is 12.3. The van der Waals surface area contributed by atoms with E-state index in [9.17, 15) is 4.79 Å². The number of benzene rings is 8. The number of rotatable bonds is 8. The first-order valence-corrected chi connectivity index (χ1v) is 21.3. The van der Waals surface area contributed by atoms with Gasteiger partial charge in [0.1, 0.15) is 11.0 Å². The lowest BCUT2D eigenvalue weighted by atomic mass is 9.73. The topological polar surface area (TPSA) is 57.8 Å². The van der Waals surface area contributed by atoms with Crippen LogP contribution in [0.4, 0.5) is 51.2 Å². The van der Waals surface area contributed by atoms with Crippen LogP contribution in [0.25, 0.3) is 27.6 Å². The summed E-state index contributed by atoms with van der Waals surface area (Å²) >= 11 is 0. The second-order valence-corrected chi connectivity index (χ2v) is 16.5. The number of hydrogen-bond acceptors (Lipinski definition) is 6. The van der Waals surface area contributed by atoms with E-state index in [1.165, 1.54) is 11.1 Å². The maximum Gasteiger partial charge on any atom is 0.347 e. The highest BCUT2D eigenvalue weighted by Crippen LogP contribution is 2.55. The zero-order valence-corrected chi connectivity index (χ0v) is 35.2. The summed E-state index contributed by atoms with van der Waals surface area (Å²) in [5, 5.41) is 6.16. The predicted molar refractivity (Wildman–Crippen MR) is 258 cm³/mol. The third kappa shape index (κ3) is 6.36. The summed E-state index contributed by atoms with van der Waals surface area (Å²) in [7, 11) is 0. The Morgan fingerprint density at radius 1 is 0.492 bits per heavy atom. The van der Waals surface area contributed by atoms with Crippen LogP contribution >= 0.6 is 0 Å². The van der Waals surface area contributed by atoms with Crippen molar-refractivity contribution in [3.63, 3.8) is 0 Å². The van der Waals surface area contributed by atoms with Crippen LogP contribution in [0.5, 0.6) is 0 Å². The van der Waals surface area contributed by atoms with Gasteiger partial charge < -0.3 is 19.1 Å². The summed E-state index contributed by atoms with van der Waals surface area (Å²) in [6.07, 6.45) is 0. The molecule has 63 heavy (non-hydrogen) atoms. The molecule has 0 fully saturated rings. The zero-order valence-electron chi connectivity index (χ0n) is 35.2. The molecule has 0 saturated carbocycles. The zero-order chi connectivity index (χ0) is 42.7. The molecule has 2 aromatic heterocycles. The standard InChI is InChI=1S/C56H43N5O2/c1-38-53-54(61(57-38)43-27-17-8-18-28-43)47-35-44(31-34-52(47)63-55(53)62)60-50-32-29-45(58(39-19-9-4-10-20-39)40-21-11-5-12-22-40)36-48(50)56(2,3)49-37-46(30-33-51(49)60)59(41-23-13-6-14-24-41)42-25-15-7-16-26-42/h4-37H,1-3H3. The van der Waals surface area contributed by atoms with E-state index in [0.717, 1.165) is 67.8 Å². The summed E-state index contributed by atoms with van der Waals surface area (Å²) in [4.78, 5) is 20.6. The Kier molecular flexibility index (Phi) is 9.05. The maximum atomic E-state index is 13.6. The molecular formula is C56H43N5O2. The van der Waals surface area contributed by atoms with Gasteiger partial charge in [-0.25, -0.2) is 9.48 Å². The highest BCUT2D eigenvalue weighted by molar-refractivity contribution is 6.06. The molecular weight excluding hydrogens is 775 g/mol. The van der Waals surface area contributed by atoms with E-state index in [1.807, 2.05) is 48.0 Å². The van der Waals surface area contributed by atoms with Crippen LogP contribution in [0, 0.1) is 6.92 Å². The second-order valence-electron chi connectivity index (χ2n) is 16.5. The molecule has 0 unspecified atom stereocenters. The average Bonchev–Trinajstić information content (AvgIpc) is 3.69. The van der Waals surface area contributed by atoms with Crippen LogP contribution in [0.15, 0.2) is 215 Å². The van der Waals surface area contributed by atoms with Crippen LogP contribution in [0.1, 0.15) is 30.7 Å². The molecule has 10 aromatic rings. The third-order valence-electron chi connectivity index (χ3n) is 12.3. The Hall–Kier alpha value is -8.16. The molecule has 1 aliphatic heterocycles. The molecule has 7 nitrogen and oxygen atoms in total. The van der Waals surface area contributed by atoms with Crippen LogP contribution in [0.3, 0.4) is 0 Å². The maximum absolute atomic E-state index is 13.6. The first kappa shape index (κ1) is 37.8. The lowest BCUT2D eigenvalue weighted by Gasteiger charge is -2.43. The molecule has 0 amide bonds. The molecule has 11 rings (SSSR count). The Morgan fingerprint density at radius 3 is 1.40 bits per heavy atom. The van der Waals surface area contributed by atoms with E-state index in [2.05, 4.69) is 198 Å². The lowest BCUT2D eigenvalue weighted by Crippen LogP contribution is -2.31. The fourth-order valence-electron chi connectivity index (χ4n) is 9.33. The van der Waals surface area contributed by atoms with Crippen molar-refractivity contribution in [2.75, 3.05) is 14.7 Å². The molecule has 0 saturated heterocycles. The number of aromatic nitrogens is 2. The smallest absolute Gasteiger partial charge is 0.347 e. The van der Waals surface area contributed by atoms with Gasteiger partial charge in [0.25, 0.3) is 0 Å². The highest BCUT2D eigenvalue weighted by atomic mass is 16.4. The van der Waals surface area contributed by atoms with Gasteiger partial charge in [-0.1, -0.05) is 105 Å². The fourth-order valence-corrected chi connectivity index (χ4v) is 9.33.